The number of anilines is 2. The number of urea groups is 1. The number of nitrogens with zero attached hydrogens (tertiary/aromatic N) is 1. The lowest BCUT2D eigenvalue weighted by molar-refractivity contribution is 0.244. The van der Waals surface area contributed by atoms with Gasteiger partial charge in [0.1, 0.15) is 0 Å². The Morgan fingerprint density at radius 2 is 1.95 bits per heavy atom. The number of rotatable bonds is 2. The Balaban J connectivity index is 2.20. The van der Waals surface area contributed by atoms with Gasteiger partial charge in [-0.1, -0.05) is 6.07 Å². The molecule has 1 aliphatic heterocycles. The molecule has 0 spiro atoms. The van der Waals surface area contributed by atoms with Gasteiger partial charge in [-0.05, 0) is 44.9 Å². The molecule has 2 N–H and O–H groups in total. The first-order valence-corrected chi connectivity index (χ1v) is 8.61. The van der Waals surface area contributed by atoms with E-state index in [9.17, 15) is 13.2 Å². The second-order valence-corrected chi connectivity index (χ2v) is 8.16. The molecule has 7 heteroatoms. The van der Waals surface area contributed by atoms with Gasteiger partial charge in [-0.25, -0.2) is 13.2 Å². The molecule has 116 valence electrons. The Morgan fingerprint density at radius 3 is 2.52 bits per heavy atom. The van der Waals surface area contributed by atoms with E-state index in [1.165, 1.54) is 10.6 Å². The molecule has 1 aliphatic rings. The van der Waals surface area contributed by atoms with Crippen LogP contribution >= 0.6 is 0 Å². The molecule has 2 rings (SSSR count). The van der Waals surface area contributed by atoms with Gasteiger partial charge < -0.3 is 10.6 Å². The smallest absolute Gasteiger partial charge is 0.319 e. The first-order chi connectivity index (χ1) is 9.56. The summed E-state index contributed by atoms with van der Waals surface area (Å²) in [5.74, 6) is 0. The fraction of sp³-hybridized carbons (Fsp3) is 0.500. The minimum Gasteiger partial charge on any atom is -0.333 e. The molecule has 0 bridgehead atoms. The molecule has 2 amide bonds. The Bertz CT molecular complexity index is 663. The van der Waals surface area contributed by atoms with Gasteiger partial charge in [-0.15, -0.1) is 0 Å². The van der Waals surface area contributed by atoms with Crippen molar-refractivity contribution in [2.45, 2.75) is 32.7 Å². The summed E-state index contributed by atoms with van der Waals surface area (Å²) < 4.78 is 24.9. The van der Waals surface area contributed by atoms with Gasteiger partial charge in [-0.3, -0.25) is 4.31 Å². The fourth-order valence-electron chi connectivity index (χ4n) is 2.28. The predicted molar refractivity (Wildman–Crippen MR) is 84.2 cm³/mol. The van der Waals surface area contributed by atoms with Crippen LogP contribution in [0, 0.1) is 0 Å². The molecule has 0 unspecified atom stereocenters. The monoisotopic (exact) mass is 311 g/mol. The van der Waals surface area contributed by atoms with Crippen LogP contribution in [0.4, 0.5) is 16.2 Å². The number of hydrogen-bond acceptors (Lipinski definition) is 3. The van der Waals surface area contributed by atoms with Crippen LogP contribution in [0.2, 0.25) is 0 Å². The maximum absolute atomic E-state index is 11.9. The predicted octanol–water partition coefficient (Wildman–Crippen LogP) is 1.93. The SMILES string of the molecule is CC(C)(C)NC(=O)Nc1ccc2c(c1)N(S(C)(=O)=O)CC2. The van der Waals surface area contributed by atoms with Crippen molar-refractivity contribution < 1.29 is 13.2 Å². The van der Waals surface area contributed by atoms with Crippen molar-refractivity contribution in [3.8, 4) is 0 Å². The largest absolute Gasteiger partial charge is 0.333 e. The molecule has 0 radical (unpaired) electrons. The quantitative estimate of drug-likeness (QED) is 0.876. The van der Waals surface area contributed by atoms with E-state index in [-0.39, 0.29) is 11.6 Å². The first kappa shape index (κ1) is 15.6. The van der Waals surface area contributed by atoms with E-state index in [0.717, 1.165) is 5.56 Å². The number of amides is 2. The third kappa shape index (κ3) is 3.87. The summed E-state index contributed by atoms with van der Waals surface area (Å²) in [7, 11) is -3.28. The van der Waals surface area contributed by atoms with Gasteiger partial charge in [0.05, 0.1) is 11.9 Å². The van der Waals surface area contributed by atoms with E-state index in [2.05, 4.69) is 10.6 Å². The van der Waals surface area contributed by atoms with Crippen LogP contribution in [0.3, 0.4) is 0 Å². The van der Waals surface area contributed by atoms with Crippen LogP contribution in [0.1, 0.15) is 26.3 Å². The van der Waals surface area contributed by atoms with Crippen LogP contribution < -0.4 is 14.9 Å². The van der Waals surface area contributed by atoms with Crippen molar-refractivity contribution in [2.75, 3.05) is 22.4 Å². The highest BCUT2D eigenvalue weighted by atomic mass is 32.2. The zero-order valence-electron chi connectivity index (χ0n) is 12.7. The van der Waals surface area contributed by atoms with E-state index in [1.807, 2.05) is 26.8 Å². The second kappa shape index (κ2) is 5.22. The average Bonchev–Trinajstić information content (AvgIpc) is 2.68. The molecule has 0 saturated carbocycles. The van der Waals surface area contributed by atoms with Crippen molar-refractivity contribution >= 4 is 27.4 Å². The van der Waals surface area contributed by atoms with Gasteiger partial charge in [-0.2, -0.15) is 0 Å². The minimum atomic E-state index is -3.28. The Labute approximate surface area is 125 Å². The molecule has 0 fully saturated rings. The third-order valence-corrected chi connectivity index (χ3v) is 4.26. The van der Waals surface area contributed by atoms with Crippen molar-refractivity contribution in [1.82, 2.24) is 5.32 Å². The van der Waals surface area contributed by atoms with Crippen LogP contribution in [0.25, 0.3) is 0 Å². The third-order valence-electron chi connectivity index (χ3n) is 3.08. The number of fused-ring (bicyclic) bond motifs is 1. The molecule has 6 nitrogen and oxygen atoms in total. The van der Waals surface area contributed by atoms with Crippen LogP contribution in [-0.2, 0) is 16.4 Å². The summed E-state index contributed by atoms with van der Waals surface area (Å²) in [5, 5.41) is 5.52. The normalized spacial score (nSPS) is 14.8. The van der Waals surface area contributed by atoms with Crippen molar-refractivity contribution in [1.29, 1.82) is 0 Å². The van der Waals surface area contributed by atoms with E-state index in [0.29, 0.717) is 24.3 Å². The van der Waals surface area contributed by atoms with Gasteiger partial charge >= 0.3 is 6.03 Å². The molecular formula is C14H21N3O3S. The lowest BCUT2D eigenvalue weighted by atomic mass is 10.1. The highest BCUT2D eigenvalue weighted by molar-refractivity contribution is 7.92. The molecule has 1 heterocycles. The summed E-state index contributed by atoms with van der Waals surface area (Å²) in [6, 6.07) is 5.03. The van der Waals surface area contributed by atoms with E-state index in [1.54, 1.807) is 12.1 Å². The highest BCUT2D eigenvalue weighted by Gasteiger charge is 2.26. The standard InChI is InChI=1S/C14H21N3O3S/c1-14(2,3)16-13(18)15-11-6-5-10-7-8-17(12(10)9-11)21(4,19)20/h5-6,9H,7-8H2,1-4H3,(H2,15,16,18). The Hall–Kier alpha value is -1.76. The topological polar surface area (TPSA) is 78.5 Å². The lowest BCUT2D eigenvalue weighted by Gasteiger charge is -2.21. The zero-order chi connectivity index (χ0) is 15.8. The van der Waals surface area contributed by atoms with E-state index in [4.69, 9.17) is 0 Å². The summed E-state index contributed by atoms with van der Waals surface area (Å²) in [5.41, 5.74) is 1.86. The summed E-state index contributed by atoms with van der Waals surface area (Å²) in [4.78, 5) is 11.9. The average molecular weight is 311 g/mol. The summed E-state index contributed by atoms with van der Waals surface area (Å²) >= 11 is 0. The molecule has 1 aromatic carbocycles. The highest BCUT2D eigenvalue weighted by Crippen LogP contribution is 2.32. The molecule has 0 saturated heterocycles. The van der Waals surface area contributed by atoms with Crippen molar-refractivity contribution in [2.24, 2.45) is 0 Å². The van der Waals surface area contributed by atoms with Gasteiger partial charge in [0, 0.05) is 17.8 Å². The molecule has 0 aliphatic carbocycles. The summed E-state index contributed by atoms with van der Waals surface area (Å²) in [6.45, 7) is 6.12. The Morgan fingerprint density at radius 1 is 1.29 bits per heavy atom. The summed E-state index contributed by atoms with van der Waals surface area (Å²) in [6.07, 6.45) is 1.88. The molecule has 0 aromatic heterocycles. The number of nitrogens with one attached hydrogen (secondary N) is 2. The van der Waals surface area contributed by atoms with Gasteiger partial charge in [0.2, 0.25) is 10.0 Å². The molecular weight excluding hydrogens is 290 g/mol. The van der Waals surface area contributed by atoms with Crippen molar-refractivity contribution in [3.63, 3.8) is 0 Å². The maximum atomic E-state index is 11.9. The van der Waals surface area contributed by atoms with E-state index >= 15 is 0 Å². The second-order valence-electron chi connectivity index (χ2n) is 6.26. The van der Waals surface area contributed by atoms with Gasteiger partial charge in [0.15, 0.2) is 0 Å². The van der Waals surface area contributed by atoms with E-state index < -0.39 is 10.0 Å². The zero-order valence-corrected chi connectivity index (χ0v) is 13.5. The van der Waals surface area contributed by atoms with Crippen LogP contribution in [-0.4, -0.2) is 32.8 Å². The lowest BCUT2D eigenvalue weighted by Crippen LogP contribution is -2.43. The molecule has 1 aromatic rings. The molecule has 21 heavy (non-hydrogen) atoms. The number of sulfonamides is 1. The molecule has 0 atom stereocenters. The Kier molecular flexibility index (Phi) is 3.88. The number of carbonyl (C=O) groups is 1. The fourth-order valence-corrected chi connectivity index (χ4v) is 3.23. The number of carbonyl (C=O) groups excluding carboxylic acids is 1. The maximum Gasteiger partial charge on any atom is 0.319 e. The minimum absolute atomic E-state index is 0.314. The first-order valence-electron chi connectivity index (χ1n) is 6.76. The van der Waals surface area contributed by atoms with Crippen molar-refractivity contribution in [3.05, 3.63) is 23.8 Å². The van der Waals surface area contributed by atoms with Crippen LogP contribution in [0.5, 0.6) is 0 Å². The number of hydrogen-bond donors (Lipinski definition) is 2. The number of benzene rings is 1. The van der Waals surface area contributed by atoms with Crippen LogP contribution in [0.15, 0.2) is 18.2 Å². The van der Waals surface area contributed by atoms with Gasteiger partial charge in [0.25, 0.3) is 0 Å².